The minimum atomic E-state index is -0.525. The minimum Gasteiger partial charge on any atom is -0.449 e. The fraction of sp³-hybridized carbons (Fsp3) is 0.500. The molecule has 0 spiro atoms. The average Bonchev–Trinajstić information content (AvgIpc) is 2.45. The molecule has 0 fully saturated rings. The molecule has 1 rings (SSSR count). The third-order valence-electron chi connectivity index (χ3n) is 2.92. The fourth-order valence-electron chi connectivity index (χ4n) is 1.85. The standard InChI is InChI=1S/C16H24N2O4/c1-5-10-21-15(19)17-13-8-7-9-14(11-13)22-16(20)18(6-2)12(3)4/h7-9,11-12H,5-6,10H2,1-4H3,(H,17,19). The molecule has 0 radical (unpaired) electrons. The Morgan fingerprint density at radius 3 is 2.59 bits per heavy atom. The van der Waals surface area contributed by atoms with Gasteiger partial charge in [0.2, 0.25) is 0 Å². The van der Waals surface area contributed by atoms with E-state index in [1.807, 2.05) is 27.7 Å². The van der Waals surface area contributed by atoms with E-state index >= 15 is 0 Å². The van der Waals surface area contributed by atoms with Crippen molar-refractivity contribution in [1.82, 2.24) is 4.90 Å². The first kappa shape index (κ1) is 17.8. The van der Waals surface area contributed by atoms with Crippen LogP contribution in [0.2, 0.25) is 0 Å². The Kier molecular flexibility index (Phi) is 7.22. The van der Waals surface area contributed by atoms with Gasteiger partial charge in [-0.3, -0.25) is 5.32 Å². The molecule has 1 N–H and O–H groups in total. The first-order valence-corrected chi connectivity index (χ1v) is 7.50. The van der Waals surface area contributed by atoms with E-state index in [1.165, 1.54) is 0 Å². The number of carbonyl (C=O) groups excluding carboxylic acids is 2. The maximum absolute atomic E-state index is 12.1. The molecular formula is C16H24N2O4. The lowest BCUT2D eigenvalue weighted by molar-refractivity contribution is 0.142. The van der Waals surface area contributed by atoms with Crippen LogP contribution in [0.3, 0.4) is 0 Å². The second-order valence-corrected chi connectivity index (χ2v) is 5.04. The first-order chi connectivity index (χ1) is 10.5. The van der Waals surface area contributed by atoms with Gasteiger partial charge in [-0.25, -0.2) is 9.59 Å². The SMILES string of the molecule is CCCOC(=O)Nc1cccc(OC(=O)N(CC)C(C)C)c1. The Bertz CT molecular complexity index is 503. The number of anilines is 1. The number of hydrogen-bond donors (Lipinski definition) is 1. The van der Waals surface area contributed by atoms with Crippen molar-refractivity contribution in [3.05, 3.63) is 24.3 Å². The molecule has 0 aliphatic rings. The van der Waals surface area contributed by atoms with E-state index in [9.17, 15) is 9.59 Å². The summed E-state index contributed by atoms with van der Waals surface area (Å²) in [6.07, 6.45) is -0.182. The average molecular weight is 308 g/mol. The monoisotopic (exact) mass is 308 g/mol. The van der Waals surface area contributed by atoms with Crippen LogP contribution < -0.4 is 10.1 Å². The van der Waals surface area contributed by atoms with E-state index in [1.54, 1.807) is 29.2 Å². The molecule has 0 aliphatic heterocycles. The van der Waals surface area contributed by atoms with Crippen molar-refractivity contribution >= 4 is 17.9 Å². The summed E-state index contributed by atoms with van der Waals surface area (Å²) in [7, 11) is 0. The van der Waals surface area contributed by atoms with E-state index in [0.717, 1.165) is 6.42 Å². The van der Waals surface area contributed by atoms with Gasteiger partial charge in [-0.1, -0.05) is 13.0 Å². The number of rotatable bonds is 6. The fourth-order valence-corrected chi connectivity index (χ4v) is 1.85. The van der Waals surface area contributed by atoms with Gasteiger partial charge in [-0.2, -0.15) is 0 Å². The molecule has 0 unspecified atom stereocenters. The molecule has 2 amide bonds. The van der Waals surface area contributed by atoms with E-state index in [0.29, 0.717) is 24.6 Å². The maximum Gasteiger partial charge on any atom is 0.415 e. The van der Waals surface area contributed by atoms with Gasteiger partial charge in [-0.15, -0.1) is 0 Å². The molecule has 0 aromatic heterocycles. The Hall–Kier alpha value is -2.24. The molecule has 0 saturated carbocycles. The van der Waals surface area contributed by atoms with Gasteiger partial charge >= 0.3 is 12.2 Å². The highest BCUT2D eigenvalue weighted by Crippen LogP contribution is 2.19. The number of ether oxygens (including phenoxy) is 2. The number of benzene rings is 1. The second-order valence-electron chi connectivity index (χ2n) is 5.04. The van der Waals surface area contributed by atoms with Crippen LogP contribution in [-0.4, -0.2) is 36.3 Å². The van der Waals surface area contributed by atoms with Crippen LogP contribution in [0.4, 0.5) is 15.3 Å². The van der Waals surface area contributed by atoms with Crippen molar-refractivity contribution in [3.8, 4) is 5.75 Å². The molecule has 0 bridgehead atoms. The summed E-state index contributed by atoms with van der Waals surface area (Å²) in [5.74, 6) is 0.373. The van der Waals surface area contributed by atoms with E-state index < -0.39 is 12.2 Å². The minimum absolute atomic E-state index is 0.0582. The summed E-state index contributed by atoms with van der Waals surface area (Å²) in [5.41, 5.74) is 0.513. The highest BCUT2D eigenvalue weighted by atomic mass is 16.6. The van der Waals surface area contributed by atoms with Crippen molar-refractivity contribution in [2.75, 3.05) is 18.5 Å². The molecule has 0 aliphatic carbocycles. The largest absolute Gasteiger partial charge is 0.449 e. The molecule has 122 valence electrons. The van der Waals surface area contributed by atoms with Crippen LogP contribution in [0.1, 0.15) is 34.1 Å². The molecule has 6 heteroatoms. The summed E-state index contributed by atoms with van der Waals surface area (Å²) in [6.45, 7) is 8.58. The van der Waals surface area contributed by atoms with Gasteiger partial charge in [-0.05, 0) is 39.3 Å². The number of nitrogens with zero attached hydrogens (tertiary/aromatic N) is 1. The van der Waals surface area contributed by atoms with Gasteiger partial charge in [0.1, 0.15) is 5.75 Å². The molecule has 0 saturated heterocycles. The summed E-state index contributed by atoms with van der Waals surface area (Å²) in [6, 6.07) is 6.70. The molecule has 1 aromatic rings. The van der Waals surface area contributed by atoms with Gasteiger partial charge in [0.15, 0.2) is 0 Å². The van der Waals surface area contributed by atoms with Crippen molar-refractivity contribution < 1.29 is 19.1 Å². The third-order valence-corrected chi connectivity index (χ3v) is 2.92. The lowest BCUT2D eigenvalue weighted by Crippen LogP contribution is -2.38. The predicted octanol–water partition coefficient (Wildman–Crippen LogP) is 3.87. The van der Waals surface area contributed by atoms with Crippen LogP contribution in [0.5, 0.6) is 5.75 Å². The van der Waals surface area contributed by atoms with Gasteiger partial charge in [0.05, 0.1) is 6.61 Å². The van der Waals surface area contributed by atoms with E-state index in [2.05, 4.69) is 5.32 Å². The normalized spacial score (nSPS) is 10.2. The van der Waals surface area contributed by atoms with Crippen molar-refractivity contribution in [2.24, 2.45) is 0 Å². The summed E-state index contributed by atoms with van der Waals surface area (Å²) >= 11 is 0. The van der Waals surface area contributed by atoms with Crippen molar-refractivity contribution in [1.29, 1.82) is 0 Å². The van der Waals surface area contributed by atoms with Gasteiger partial charge < -0.3 is 14.4 Å². The number of carbonyl (C=O) groups is 2. The Morgan fingerprint density at radius 2 is 2.00 bits per heavy atom. The van der Waals surface area contributed by atoms with Crippen LogP contribution in [0, 0.1) is 0 Å². The summed E-state index contributed by atoms with van der Waals surface area (Å²) < 4.78 is 10.3. The maximum atomic E-state index is 12.1. The van der Waals surface area contributed by atoms with Crippen molar-refractivity contribution in [2.45, 2.75) is 40.2 Å². The Morgan fingerprint density at radius 1 is 1.27 bits per heavy atom. The predicted molar refractivity (Wildman–Crippen MR) is 85.2 cm³/mol. The van der Waals surface area contributed by atoms with Crippen LogP contribution in [0.25, 0.3) is 0 Å². The number of nitrogens with one attached hydrogen (secondary N) is 1. The van der Waals surface area contributed by atoms with Crippen LogP contribution in [-0.2, 0) is 4.74 Å². The van der Waals surface area contributed by atoms with E-state index in [4.69, 9.17) is 9.47 Å². The zero-order valence-corrected chi connectivity index (χ0v) is 13.6. The van der Waals surface area contributed by atoms with Crippen LogP contribution in [0.15, 0.2) is 24.3 Å². The molecule has 6 nitrogen and oxygen atoms in total. The topological polar surface area (TPSA) is 67.9 Å². The van der Waals surface area contributed by atoms with Crippen molar-refractivity contribution in [3.63, 3.8) is 0 Å². The lowest BCUT2D eigenvalue weighted by Gasteiger charge is -2.24. The number of hydrogen-bond acceptors (Lipinski definition) is 4. The molecule has 0 heterocycles. The molecule has 0 atom stereocenters. The molecule has 1 aromatic carbocycles. The van der Waals surface area contributed by atoms with Gasteiger partial charge in [0, 0.05) is 24.3 Å². The third kappa shape index (κ3) is 5.63. The van der Waals surface area contributed by atoms with E-state index in [-0.39, 0.29) is 6.04 Å². The second kappa shape index (κ2) is 8.92. The molecule has 22 heavy (non-hydrogen) atoms. The highest BCUT2D eigenvalue weighted by Gasteiger charge is 2.17. The van der Waals surface area contributed by atoms with Crippen LogP contribution >= 0.6 is 0 Å². The number of amides is 2. The summed E-state index contributed by atoms with van der Waals surface area (Å²) in [4.78, 5) is 25.2. The Balaban J connectivity index is 2.67. The van der Waals surface area contributed by atoms with Gasteiger partial charge in [0.25, 0.3) is 0 Å². The first-order valence-electron chi connectivity index (χ1n) is 7.50. The summed E-state index contributed by atoms with van der Waals surface area (Å²) in [5, 5.41) is 2.59. The smallest absolute Gasteiger partial charge is 0.415 e. The lowest BCUT2D eigenvalue weighted by atomic mass is 10.3. The zero-order chi connectivity index (χ0) is 16.5. The zero-order valence-electron chi connectivity index (χ0n) is 13.6. The Labute approximate surface area is 131 Å². The highest BCUT2D eigenvalue weighted by molar-refractivity contribution is 5.85. The molecular weight excluding hydrogens is 284 g/mol. The quantitative estimate of drug-likeness (QED) is 0.866.